The van der Waals surface area contributed by atoms with Gasteiger partial charge in [0.1, 0.15) is 0 Å². The second-order valence-electron chi connectivity index (χ2n) is 5.20. The highest BCUT2D eigenvalue weighted by atomic mass is 32.2. The molecule has 0 amide bonds. The standard InChI is InChI=1S/C12H26N2O2S/c1-5-12(6-2)7-8-14(10-12)17(15,16)11(3)9-13-4/h11,13H,5-10H2,1-4H3. The normalized spacial score (nSPS) is 22.8. The molecule has 17 heavy (non-hydrogen) atoms. The fraction of sp³-hybridized carbons (Fsp3) is 1.00. The maximum Gasteiger partial charge on any atom is 0.217 e. The Hall–Kier alpha value is -0.130. The molecule has 1 rings (SSSR count). The van der Waals surface area contributed by atoms with Crippen molar-refractivity contribution in [3.05, 3.63) is 0 Å². The molecule has 0 radical (unpaired) electrons. The Balaban J connectivity index is 2.76. The van der Waals surface area contributed by atoms with Crippen LogP contribution in [0.4, 0.5) is 0 Å². The van der Waals surface area contributed by atoms with Crippen molar-refractivity contribution in [2.24, 2.45) is 5.41 Å². The molecule has 0 saturated carbocycles. The Bertz CT molecular complexity index is 336. The molecule has 0 aliphatic carbocycles. The molecular formula is C12H26N2O2S. The highest BCUT2D eigenvalue weighted by Gasteiger charge is 2.41. The zero-order chi connectivity index (χ0) is 13.1. The summed E-state index contributed by atoms with van der Waals surface area (Å²) in [5.41, 5.74) is 0.215. The third kappa shape index (κ3) is 3.01. The lowest BCUT2D eigenvalue weighted by molar-refractivity contribution is 0.279. The van der Waals surface area contributed by atoms with Gasteiger partial charge < -0.3 is 5.32 Å². The molecule has 1 N–H and O–H groups in total. The number of hydrogen-bond acceptors (Lipinski definition) is 3. The molecule has 1 aliphatic rings. The van der Waals surface area contributed by atoms with Gasteiger partial charge in [-0.15, -0.1) is 0 Å². The first-order valence-electron chi connectivity index (χ1n) is 6.55. The van der Waals surface area contributed by atoms with E-state index in [1.807, 2.05) is 0 Å². The molecule has 1 atom stereocenters. The van der Waals surface area contributed by atoms with Crippen LogP contribution in [0.5, 0.6) is 0 Å². The maximum atomic E-state index is 12.3. The number of sulfonamides is 1. The lowest BCUT2D eigenvalue weighted by Crippen LogP contribution is -2.41. The highest BCUT2D eigenvalue weighted by Crippen LogP contribution is 2.38. The Morgan fingerprint density at radius 2 is 1.94 bits per heavy atom. The van der Waals surface area contributed by atoms with E-state index in [1.54, 1.807) is 18.3 Å². The van der Waals surface area contributed by atoms with Crippen molar-refractivity contribution < 1.29 is 8.42 Å². The van der Waals surface area contributed by atoms with Gasteiger partial charge in [-0.25, -0.2) is 12.7 Å². The molecule has 0 aromatic heterocycles. The van der Waals surface area contributed by atoms with Gasteiger partial charge in [-0.05, 0) is 38.6 Å². The summed E-state index contributed by atoms with van der Waals surface area (Å²) < 4.78 is 26.4. The van der Waals surface area contributed by atoms with Crippen LogP contribution in [0.15, 0.2) is 0 Å². The molecule has 0 aromatic carbocycles. The van der Waals surface area contributed by atoms with E-state index in [4.69, 9.17) is 0 Å². The molecule has 4 nitrogen and oxygen atoms in total. The fourth-order valence-electron chi connectivity index (χ4n) is 2.59. The first-order chi connectivity index (χ1) is 7.91. The van der Waals surface area contributed by atoms with Crippen molar-refractivity contribution >= 4 is 10.0 Å². The Kier molecular flexibility index (Phi) is 4.98. The van der Waals surface area contributed by atoms with Crippen LogP contribution >= 0.6 is 0 Å². The first kappa shape index (κ1) is 14.9. The van der Waals surface area contributed by atoms with E-state index >= 15 is 0 Å². The van der Waals surface area contributed by atoms with Crippen molar-refractivity contribution in [2.45, 2.75) is 45.3 Å². The molecule has 102 valence electrons. The third-order valence-electron chi connectivity index (χ3n) is 4.26. The van der Waals surface area contributed by atoms with Crippen LogP contribution in [0.1, 0.15) is 40.0 Å². The monoisotopic (exact) mass is 262 g/mol. The summed E-state index contributed by atoms with van der Waals surface area (Å²) in [4.78, 5) is 0. The van der Waals surface area contributed by atoms with Crippen molar-refractivity contribution in [1.29, 1.82) is 0 Å². The smallest absolute Gasteiger partial charge is 0.217 e. The molecule has 1 saturated heterocycles. The van der Waals surface area contributed by atoms with E-state index in [0.29, 0.717) is 19.6 Å². The van der Waals surface area contributed by atoms with Gasteiger partial charge in [-0.2, -0.15) is 0 Å². The highest BCUT2D eigenvalue weighted by molar-refractivity contribution is 7.89. The van der Waals surface area contributed by atoms with E-state index in [1.165, 1.54) is 0 Å². The minimum Gasteiger partial charge on any atom is -0.318 e. The zero-order valence-corrected chi connectivity index (χ0v) is 12.3. The Morgan fingerprint density at radius 1 is 1.35 bits per heavy atom. The summed E-state index contributed by atoms with van der Waals surface area (Å²) in [6.07, 6.45) is 3.14. The molecule has 0 aromatic rings. The van der Waals surface area contributed by atoms with Crippen molar-refractivity contribution in [3.8, 4) is 0 Å². The molecule has 1 fully saturated rings. The average Bonchev–Trinajstić information content (AvgIpc) is 2.75. The zero-order valence-electron chi connectivity index (χ0n) is 11.5. The Morgan fingerprint density at radius 3 is 2.35 bits per heavy atom. The third-order valence-corrected chi connectivity index (χ3v) is 6.48. The first-order valence-corrected chi connectivity index (χ1v) is 8.05. The summed E-state index contributed by atoms with van der Waals surface area (Å²) in [6.45, 7) is 8.02. The largest absolute Gasteiger partial charge is 0.318 e. The van der Waals surface area contributed by atoms with E-state index in [0.717, 1.165) is 19.3 Å². The summed E-state index contributed by atoms with van der Waals surface area (Å²) in [7, 11) is -1.33. The van der Waals surface area contributed by atoms with Gasteiger partial charge in [0.05, 0.1) is 5.25 Å². The van der Waals surface area contributed by atoms with Gasteiger partial charge in [-0.1, -0.05) is 13.8 Å². The molecule has 1 heterocycles. The molecular weight excluding hydrogens is 236 g/mol. The van der Waals surface area contributed by atoms with Crippen molar-refractivity contribution in [2.75, 3.05) is 26.7 Å². The predicted octanol–water partition coefficient (Wildman–Crippen LogP) is 1.44. The van der Waals surface area contributed by atoms with Gasteiger partial charge in [0, 0.05) is 19.6 Å². The molecule has 5 heteroatoms. The SMILES string of the molecule is CCC1(CC)CCN(S(=O)(=O)C(C)CNC)C1. The summed E-state index contributed by atoms with van der Waals surface area (Å²) in [5, 5.41) is 2.60. The second kappa shape index (κ2) is 5.67. The number of nitrogens with one attached hydrogen (secondary N) is 1. The van der Waals surface area contributed by atoms with Crippen LogP contribution in [-0.2, 0) is 10.0 Å². The van der Waals surface area contributed by atoms with Gasteiger partial charge in [0.15, 0.2) is 0 Å². The second-order valence-corrected chi connectivity index (χ2v) is 7.55. The Labute approximate surface area is 106 Å². The number of hydrogen-bond donors (Lipinski definition) is 1. The maximum absolute atomic E-state index is 12.3. The van der Waals surface area contributed by atoms with Crippen LogP contribution < -0.4 is 5.32 Å². The quantitative estimate of drug-likeness (QED) is 0.788. The summed E-state index contributed by atoms with van der Waals surface area (Å²) in [6, 6.07) is 0. The summed E-state index contributed by atoms with van der Waals surface area (Å²) in [5.74, 6) is 0. The van der Waals surface area contributed by atoms with Crippen LogP contribution in [0.3, 0.4) is 0 Å². The predicted molar refractivity (Wildman–Crippen MR) is 71.5 cm³/mol. The van der Waals surface area contributed by atoms with E-state index < -0.39 is 10.0 Å². The van der Waals surface area contributed by atoms with Crippen molar-refractivity contribution in [3.63, 3.8) is 0 Å². The van der Waals surface area contributed by atoms with Crippen LogP contribution in [0.2, 0.25) is 0 Å². The van der Waals surface area contributed by atoms with Gasteiger partial charge >= 0.3 is 0 Å². The number of rotatable bonds is 6. The molecule has 0 bridgehead atoms. The van der Waals surface area contributed by atoms with E-state index in [-0.39, 0.29) is 10.7 Å². The fourth-order valence-corrected chi connectivity index (χ4v) is 4.27. The topological polar surface area (TPSA) is 49.4 Å². The summed E-state index contributed by atoms with van der Waals surface area (Å²) >= 11 is 0. The van der Waals surface area contributed by atoms with Gasteiger partial charge in [-0.3, -0.25) is 0 Å². The lowest BCUT2D eigenvalue weighted by atomic mass is 9.82. The van der Waals surface area contributed by atoms with Gasteiger partial charge in [0.2, 0.25) is 10.0 Å². The molecule has 1 unspecified atom stereocenters. The van der Waals surface area contributed by atoms with Crippen LogP contribution in [0, 0.1) is 5.41 Å². The van der Waals surface area contributed by atoms with E-state index in [2.05, 4.69) is 19.2 Å². The minimum absolute atomic E-state index is 0.215. The average molecular weight is 262 g/mol. The van der Waals surface area contributed by atoms with Crippen LogP contribution in [0.25, 0.3) is 0 Å². The minimum atomic E-state index is -3.12. The molecule has 0 spiro atoms. The molecule has 1 aliphatic heterocycles. The number of nitrogens with zero attached hydrogens (tertiary/aromatic N) is 1. The van der Waals surface area contributed by atoms with E-state index in [9.17, 15) is 8.42 Å². The van der Waals surface area contributed by atoms with Crippen molar-refractivity contribution in [1.82, 2.24) is 9.62 Å². The lowest BCUT2D eigenvalue weighted by Gasteiger charge is -2.27. The van der Waals surface area contributed by atoms with Gasteiger partial charge in [0.25, 0.3) is 0 Å². The van der Waals surface area contributed by atoms with Crippen LogP contribution in [-0.4, -0.2) is 44.7 Å².